The minimum Gasteiger partial charge on any atom is -0.385 e. The molecule has 0 spiro atoms. The third-order valence-corrected chi connectivity index (χ3v) is 4.04. The first-order valence-electron chi connectivity index (χ1n) is 5.07. The number of halogens is 1. The maximum Gasteiger partial charge on any atom is 0.0975 e. The zero-order chi connectivity index (χ0) is 9.76. The van der Waals surface area contributed by atoms with E-state index in [-0.39, 0.29) is 0 Å². The second-order valence-electron chi connectivity index (χ2n) is 4.32. The smallest absolute Gasteiger partial charge is 0.0975 e. The van der Waals surface area contributed by atoms with Crippen molar-refractivity contribution < 1.29 is 5.11 Å². The fourth-order valence-electron chi connectivity index (χ4n) is 3.02. The Bertz CT molecular complexity index is 369. The van der Waals surface area contributed by atoms with Gasteiger partial charge in [-0.15, -0.1) is 0 Å². The zero-order valence-electron chi connectivity index (χ0n) is 7.78. The largest absolute Gasteiger partial charge is 0.385 e. The molecule has 0 amide bonds. The Morgan fingerprint density at radius 1 is 1.43 bits per heavy atom. The van der Waals surface area contributed by atoms with E-state index in [1.165, 1.54) is 6.42 Å². The summed E-state index contributed by atoms with van der Waals surface area (Å²) in [6.45, 7) is 0. The number of hydrogen-bond acceptors (Lipinski definition) is 2. The average Bonchev–Trinajstić information content (AvgIpc) is 2.63. The summed E-state index contributed by atoms with van der Waals surface area (Å²) in [5, 5.41) is 11.0. The zero-order valence-corrected chi connectivity index (χ0v) is 8.54. The summed E-state index contributed by atoms with van der Waals surface area (Å²) < 4.78 is 0. The molecule has 2 fully saturated rings. The minimum absolute atomic E-state index is 0.447. The third kappa shape index (κ3) is 0.931. The second kappa shape index (κ2) is 2.71. The Morgan fingerprint density at radius 3 is 2.79 bits per heavy atom. The molecule has 2 unspecified atom stereocenters. The van der Waals surface area contributed by atoms with E-state index in [0.717, 1.165) is 18.4 Å². The summed E-state index contributed by atoms with van der Waals surface area (Å²) in [6, 6.07) is 1.85. The van der Waals surface area contributed by atoms with Crippen LogP contribution in [-0.4, -0.2) is 10.1 Å². The molecule has 2 saturated carbocycles. The summed E-state index contributed by atoms with van der Waals surface area (Å²) in [5.41, 5.74) is 0.252. The molecule has 14 heavy (non-hydrogen) atoms. The molecular weight excluding hydrogens is 198 g/mol. The van der Waals surface area contributed by atoms with Crippen LogP contribution < -0.4 is 0 Å². The molecule has 2 nitrogen and oxygen atoms in total. The van der Waals surface area contributed by atoms with Crippen LogP contribution in [0.5, 0.6) is 0 Å². The highest BCUT2D eigenvalue weighted by molar-refractivity contribution is 6.31. The first kappa shape index (κ1) is 8.69. The molecule has 74 valence electrons. The van der Waals surface area contributed by atoms with E-state index in [1.54, 1.807) is 12.4 Å². The molecule has 0 aromatic carbocycles. The standard InChI is InChI=1S/C11H12ClNO/c12-10-6-13-5-4-9(10)11(14)7-2-1-3-8(7)11/h4-8,14H,1-3H2. The fourth-order valence-corrected chi connectivity index (χ4v) is 3.29. The van der Waals surface area contributed by atoms with Gasteiger partial charge in [-0.25, -0.2) is 0 Å². The van der Waals surface area contributed by atoms with E-state index in [4.69, 9.17) is 11.6 Å². The Kier molecular flexibility index (Phi) is 1.68. The van der Waals surface area contributed by atoms with Crippen LogP contribution in [0, 0.1) is 11.8 Å². The number of aromatic nitrogens is 1. The van der Waals surface area contributed by atoms with Gasteiger partial charge in [-0.2, -0.15) is 0 Å². The monoisotopic (exact) mass is 209 g/mol. The molecule has 3 heteroatoms. The van der Waals surface area contributed by atoms with Crippen molar-refractivity contribution in [2.75, 3.05) is 0 Å². The van der Waals surface area contributed by atoms with Crippen LogP contribution in [0.15, 0.2) is 18.5 Å². The lowest BCUT2D eigenvalue weighted by atomic mass is 10.0. The number of aliphatic hydroxyl groups is 1. The van der Waals surface area contributed by atoms with Gasteiger partial charge in [0.2, 0.25) is 0 Å². The Morgan fingerprint density at radius 2 is 2.14 bits per heavy atom. The van der Waals surface area contributed by atoms with Gasteiger partial charge >= 0.3 is 0 Å². The molecule has 2 aliphatic carbocycles. The number of nitrogens with zero attached hydrogens (tertiary/aromatic N) is 1. The molecule has 0 aliphatic heterocycles. The van der Waals surface area contributed by atoms with Gasteiger partial charge in [0.15, 0.2) is 0 Å². The van der Waals surface area contributed by atoms with Crippen molar-refractivity contribution in [3.63, 3.8) is 0 Å². The minimum atomic E-state index is -0.627. The Balaban J connectivity index is 2.01. The molecule has 2 aliphatic rings. The SMILES string of the molecule is OC1(c2ccncc2Cl)C2CCCC21. The van der Waals surface area contributed by atoms with Gasteiger partial charge in [-0.1, -0.05) is 18.0 Å². The topological polar surface area (TPSA) is 33.1 Å². The highest BCUT2D eigenvalue weighted by Crippen LogP contribution is 2.66. The van der Waals surface area contributed by atoms with Crippen molar-refractivity contribution >= 4 is 11.6 Å². The molecular formula is C11H12ClNO. The van der Waals surface area contributed by atoms with Crippen LogP contribution in [0.3, 0.4) is 0 Å². The fraction of sp³-hybridized carbons (Fsp3) is 0.545. The summed E-state index contributed by atoms with van der Waals surface area (Å²) in [4.78, 5) is 3.94. The van der Waals surface area contributed by atoms with Gasteiger partial charge in [0, 0.05) is 18.0 Å². The van der Waals surface area contributed by atoms with Crippen LogP contribution in [0.1, 0.15) is 24.8 Å². The van der Waals surface area contributed by atoms with E-state index in [0.29, 0.717) is 16.9 Å². The maximum atomic E-state index is 10.4. The van der Waals surface area contributed by atoms with Crippen LogP contribution in [0.25, 0.3) is 0 Å². The highest BCUT2D eigenvalue weighted by Gasteiger charge is 2.66. The van der Waals surface area contributed by atoms with Gasteiger partial charge in [-0.05, 0) is 30.7 Å². The van der Waals surface area contributed by atoms with E-state index in [2.05, 4.69) is 4.98 Å². The lowest BCUT2D eigenvalue weighted by Crippen LogP contribution is -2.13. The predicted molar refractivity (Wildman–Crippen MR) is 54.0 cm³/mol. The van der Waals surface area contributed by atoms with Crippen LogP contribution in [0.4, 0.5) is 0 Å². The van der Waals surface area contributed by atoms with Gasteiger partial charge in [0.25, 0.3) is 0 Å². The molecule has 0 bridgehead atoms. The van der Waals surface area contributed by atoms with Gasteiger partial charge in [0.05, 0.1) is 10.6 Å². The number of fused-ring (bicyclic) bond motifs is 1. The molecule has 1 heterocycles. The number of pyridine rings is 1. The molecule has 1 N–H and O–H groups in total. The average molecular weight is 210 g/mol. The molecule has 1 aromatic heterocycles. The predicted octanol–water partition coefficient (Wildman–Crippen LogP) is 2.35. The lowest BCUT2D eigenvalue weighted by molar-refractivity contribution is 0.105. The van der Waals surface area contributed by atoms with Gasteiger partial charge in [-0.3, -0.25) is 4.98 Å². The molecule has 3 rings (SSSR count). The maximum absolute atomic E-state index is 10.4. The summed E-state index contributed by atoms with van der Waals surface area (Å²) in [6.07, 6.45) is 6.84. The molecule has 0 saturated heterocycles. The van der Waals surface area contributed by atoms with Crippen molar-refractivity contribution in [2.24, 2.45) is 11.8 Å². The molecule has 1 aromatic rings. The van der Waals surface area contributed by atoms with Crippen molar-refractivity contribution in [1.82, 2.24) is 4.98 Å². The highest BCUT2D eigenvalue weighted by atomic mass is 35.5. The van der Waals surface area contributed by atoms with E-state index in [1.807, 2.05) is 6.07 Å². The molecule has 0 radical (unpaired) electrons. The summed E-state index contributed by atoms with van der Waals surface area (Å²) in [7, 11) is 0. The van der Waals surface area contributed by atoms with Crippen LogP contribution >= 0.6 is 11.6 Å². The summed E-state index contributed by atoms with van der Waals surface area (Å²) >= 11 is 6.04. The quantitative estimate of drug-likeness (QED) is 0.770. The van der Waals surface area contributed by atoms with Gasteiger partial charge in [0.1, 0.15) is 0 Å². The third-order valence-electron chi connectivity index (χ3n) is 3.74. The Hall–Kier alpha value is -0.600. The van der Waals surface area contributed by atoms with E-state index < -0.39 is 5.60 Å². The van der Waals surface area contributed by atoms with E-state index in [9.17, 15) is 5.11 Å². The summed E-state index contributed by atoms with van der Waals surface area (Å²) in [5.74, 6) is 0.893. The van der Waals surface area contributed by atoms with Crippen LogP contribution in [0.2, 0.25) is 5.02 Å². The second-order valence-corrected chi connectivity index (χ2v) is 4.73. The first-order valence-corrected chi connectivity index (χ1v) is 5.44. The van der Waals surface area contributed by atoms with Crippen molar-refractivity contribution in [3.8, 4) is 0 Å². The van der Waals surface area contributed by atoms with E-state index >= 15 is 0 Å². The molecule has 2 atom stereocenters. The van der Waals surface area contributed by atoms with Crippen molar-refractivity contribution in [2.45, 2.75) is 24.9 Å². The normalized spacial score (nSPS) is 39.6. The lowest BCUT2D eigenvalue weighted by Gasteiger charge is -2.15. The van der Waals surface area contributed by atoms with Crippen molar-refractivity contribution in [3.05, 3.63) is 29.0 Å². The number of rotatable bonds is 1. The first-order chi connectivity index (χ1) is 6.74. The van der Waals surface area contributed by atoms with Crippen LogP contribution in [-0.2, 0) is 5.60 Å². The van der Waals surface area contributed by atoms with Gasteiger partial charge < -0.3 is 5.11 Å². The van der Waals surface area contributed by atoms with Crippen molar-refractivity contribution in [1.29, 1.82) is 0 Å². The Labute approximate surface area is 87.9 Å². The number of hydrogen-bond donors (Lipinski definition) is 1.